The van der Waals surface area contributed by atoms with Gasteiger partial charge in [-0.05, 0) is 23.8 Å². The number of pyridine rings is 1. The van der Waals surface area contributed by atoms with E-state index in [0.29, 0.717) is 11.6 Å². The Morgan fingerprint density at radius 2 is 1.93 bits per heavy atom. The Morgan fingerprint density at radius 1 is 1.30 bits per heavy atom. The number of hydrogen-bond donors (Lipinski definition) is 5. The maximum atomic E-state index is 13.1. The maximum absolute atomic E-state index is 13.1. The van der Waals surface area contributed by atoms with Crippen LogP contribution < -0.4 is 16.8 Å². The summed E-state index contributed by atoms with van der Waals surface area (Å²) in [5, 5.41) is 20.3. The number of nitrogens with one attached hydrogen (secondary N) is 2. The average Bonchev–Trinajstić information content (AvgIpc) is 2.59. The Hall–Kier alpha value is -3.14. The van der Waals surface area contributed by atoms with Crippen molar-refractivity contribution in [2.75, 3.05) is 12.3 Å². The molecule has 0 radical (unpaired) electrons. The molecule has 0 spiro atoms. The molecule has 1 unspecified atom stereocenters. The van der Waals surface area contributed by atoms with Crippen molar-refractivity contribution in [2.45, 2.75) is 12.3 Å². The Labute approximate surface area is 152 Å². The van der Waals surface area contributed by atoms with E-state index in [0.717, 1.165) is 12.3 Å². The highest BCUT2D eigenvalue weighted by atomic mass is 19.4. The second-order valence-electron chi connectivity index (χ2n) is 5.61. The van der Waals surface area contributed by atoms with Crippen LogP contribution in [0.25, 0.3) is 5.70 Å². The number of nitrogens with zero attached hydrogens (tertiary/aromatic N) is 1. The highest BCUT2D eigenvalue weighted by molar-refractivity contribution is 5.96. The largest absolute Gasteiger partial charge is 0.417 e. The van der Waals surface area contributed by atoms with Crippen molar-refractivity contribution in [3.05, 3.63) is 65.1 Å². The molecule has 6 nitrogen and oxygen atoms in total. The van der Waals surface area contributed by atoms with Crippen LogP contribution in [0.2, 0.25) is 0 Å². The fraction of sp³-hybridized carbons (Fsp3) is 0.176. The van der Waals surface area contributed by atoms with Crippen molar-refractivity contribution >= 4 is 17.4 Å². The van der Waals surface area contributed by atoms with E-state index >= 15 is 0 Å². The molecule has 0 amide bonds. The van der Waals surface area contributed by atoms with E-state index in [4.69, 9.17) is 16.9 Å². The number of nitrogens with two attached hydrogens (primary N) is 2. The first-order valence-corrected chi connectivity index (χ1v) is 7.64. The number of nitrogen functional groups attached to an aromatic ring is 1. The number of amidine groups is 1. The van der Waals surface area contributed by atoms with E-state index in [9.17, 15) is 22.7 Å². The molecule has 2 aromatic rings. The predicted octanol–water partition coefficient (Wildman–Crippen LogP) is 2.42. The molecule has 0 saturated carbocycles. The van der Waals surface area contributed by atoms with Crippen LogP contribution in [0.5, 0.6) is 0 Å². The van der Waals surface area contributed by atoms with Crippen LogP contribution in [0.15, 0.2) is 42.6 Å². The number of hydrogen-bond acceptors (Lipinski definition) is 5. The highest BCUT2D eigenvalue weighted by Gasteiger charge is 2.34. The third kappa shape index (κ3) is 5.42. The number of aliphatic hydroxyl groups excluding tert-OH is 1. The third-order valence-electron chi connectivity index (χ3n) is 3.58. The van der Waals surface area contributed by atoms with Crippen molar-refractivity contribution in [3.8, 4) is 0 Å². The van der Waals surface area contributed by atoms with Crippen molar-refractivity contribution in [1.29, 1.82) is 5.41 Å². The molecular formula is C17H17F4N5O. The van der Waals surface area contributed by atoms with E-state index in [-0.39, 0.29) is 23.9 Å². The first-order chi connectivity index (χ1) is 12.6. The molecule has 1 aromatic heterocycles. The van der Waals surface area contributed by atoms with E-state index in [2.05, 4.69) is 10.3 Å². The minimum absolute atomic E-state index is 0.125. The number of halogens is 4. The van der Waals surface area contributed by atoms with Crippen LogP contribution in [-0.2, 0) is 6.18 Å². The minimum atomic E-state index is -4.70. The molecule has 1 heterocycles. The lowest BCUT2D eigenvalue weighted by Crippen LogP contribution is -2.27. The molecule has 0 fully saturated rings. The number of benzene rings is 1. The van der Waals surface area contributed by atoms with E-state index < -0.39 is 29.2 Å². The summed E-state index contributed by atoms with van der Waals surface area (Å²) in [6.45, 7) is -0.125. The second kappa shape index (κ2) is 8.04. The molecule has 0 saturated heterocycles. The molecule has 0 aliphatic rings. The normalized spacial score (nSPS) is 13.3. The van der Waals surface area contributed by atoms with Crippen LogP contribution in [0.1, 0.15) is 22.8 Å². The maximum Gasteiger partial charge on any atom is 0.417 e. The van der Waals surface area contributed by atoms with Crippen molar-refractivity contribution < 1.29 is 22.7 Å². The van der Waals surface area contributed by atoms with Gasteiger partial charge in [0.1, 0.15) is 17.5 Å². The molecule has 0 bridgehead atoms. The van der Waals surface area contributed by atoms with E-state index in [1.807, 2.05) is 0 Å². The Kier molecular flexibility index (Phi) is 6.01. The quantitative estimate of drug-likeness (QED) is 0.308. The summed E-state index contributed by atoms with van der Waals surface area (Å²) in [4.78, 5) is 3.60. The van der Waals surface area contributed by atoms with Gasteiger partial charge in [-0.3, -0.25) is 5.41 Å². The molecule has 1 aromatic carbocycles. The lowest BCUT2D eigenvalue weighted by atomic mass is 10.1. The fourth-order valence-corrected chi connectivity index (χ4v) is 2.23. The van der Waals surface area contributed by atoms with Crippen LogP contribution in [-0.4, -0.2) is 22.5 Å². The highest BCUT2D eigenvalue weighted by Crippen LogP contribution is 2.34. The van der Waals surface area contributed by atoms with Crippen molar-refractivity contribution in [1.82, 2.24) is 10.3 Å². The van der Waals surface area contributed by atoms with Gasteiger partial charge in [0.2, 0.25) is 0 Å². The number of aromatic nitrogens is 1. The van der Waals surface area contributed by atoms with Gasteiger partial charge in [0.05, 0.1) is 11.7 Å². The number of aliphatic hydroxyl groups is 1. The van der Waals surface area contributed by atoms with E-state index in [1.165, 1.54) is 24.3 Å². The van der Waals surface area contributed by atoms with Gasteiger partial charge in [-0.15, -0.1) is 0 Å². The van der Waals surface area contributed by atoms with Gasteiger partial charge in [-0.1, -0.05) is 12.1 Å². The van der Waals surface area contributed by atoms with Gasteiger partial charge < -0.3 is 21.9 Å². The molecule has 2 rings (SSSR count). The number of alkyl halides is 3. The molecule has 1 atom stereocenters. The summed E-state index contributed by atoms with van der Waals surface area (Å²) >= 11 is 0. The first kappa shape index (κ1) is 20.2. The summed E-state index contributed by atoms with van der Waals surface area (Å²) in [6.07, 6.45) is -3.89. The van der Waals surface area contributed by atoms with Crippen LogP contribution >= 0.6 is 0 Å². The van der Waals surface area contributed by atoms with Crippen molar-refractivity contribution in [3.63, 3.8) is 0 Å². The van der Waals surface area contributed by atoms with E-state index in [1.54, 1.807) is 0 Å². The van der Waals surface area contributed by atoms with Gasteiger partial charge in [0, 0.05) is 30.1 Å². The minimum Gasteiger partial charge on any atom is -0.398 e. The summed E-state index contributed by atoms with van der Waals surface area (Å²) < 4.78 is 52.2. The fourth-order valence-electron chi connectivity index (χ4n) is 2.23. The molecule has 10 heteroatoms. The standard InChI is InChI=1S/C17H17F4N5O/c18-10-3-1-9(2-4-10)14(27)8-26-16(24)6-13(22)11-7-25-15(23)5-12(11)17(19,20)21/h1-7,14,27H,8,22H2,(H2,23,25)(H2,24,26)/b13-6-. The Balaban J connectivity index is 2.10. The van der Waals surface area contributed by atoms with Gasteiger partial charge >= 0.3 is 6.18 Å². The summed E-state index contributed by atoms with van der Waals surface area (Å²) in [5.74, 6) is -1.09. The third-order valence-corrected chi connectivity index (χ3v) is 3.58. The number of rotatable bonds is 5. The molecule has 27 heavy (non-hydrogen) atoms. The lowest BCUT2D eigenvalue weighted by Gasteiger charge is -2.15. The molecule has 0 aliphatic carbocycles. The zero-order valence-electron chi connectivity index (χ0n) is 13.9. The van der Waals surface area contributed by atoms with Gasteiger partial charge in [0.15, 0.2) is 0 Å². The summed E-state index contributed by atoms with van der Waals surface area (Å²) in [6, 6.07) is 5.77. The topological polar surface area (TPSA) is 121 Å². The second-order valence-corrected chi connectivity index (χ2v) is 5.61. The SMILES string of the molecule is N=C(/C=C(\N)c1cnc(N)cc1C(F)(F)F)NCC(O)c1ccc(F)cc1. The lowest BCUT2D eigenvalue weighted by molar-refractivity contribution is -0.137. The zero-order valence-corrected chi connectivity index (χ0v) is 13.9. The first-order valence-electron chi connectivity index (χ1n) is 7.64. The smallest absolute Gasteiger partial charge is 0.398 e. The predicted molar refractivity (Wildman–Crippen MR) is 92.9 cm³/mol. The summed E-state index contributed by atoms with van der Waals surface area (Å²) in [5.41, 5.74) is 9.55. The van der Waals surface area contributed by atoms with Gasteiger partial charge in [-0.25, -0.2) is 9.37 Å². The van der Waals surface area contributed by atoms with Crippen LogP contribution in [0.3, 0.4) is 0 Å². The van der Waals surface area contributed by atoms with Crippen LogP contribution in [0, 0.1) is 11.2 Å². The van der Waals surface area contributed by atoms with Crippen LogP contribution in [0.4, 0.5) is 23.4 Å². The molecule has 144 valence electrons. The van der Waals surface area contributed by atoms with Gasteiger partial charge in [0.25, 0.3) is 0 Å². The zero-order chi connectivity index (χ0) is 20.2. The monoisotopic (exact) mass is 383 g/mol. The molecule has 0 aliphatic heterocycles. The Bertz CT molecular complexity index is 849. The number of anilines is 1. The Morgan fingerprint density at radius 3 is 2.52 bits per heavy atom. The summed E-state index contributed by atoms with van der Waals surface area (Å²) in [7, 11) is 0. The average molecular weight is 383 g/mol. The van der Waals surface area contributed by atoms with Gasteiger partial charge in [-0.2, -0.15) is 13.2 Å². The molecular weight excluding hydrogens is 366 g/mol. The van der Waals surface area contributed by atoms with Crippen molar-refractivity contribution in [2.24, 2.45) is 5.73 Å². The molecule has 7 N–H and O–H groups in total.